The molecule has 1 amide bonds. The summed E-state index contributed by atoms with van der Waals surface area (Å²) < 4.78 is 10.4. The molecule has 0 radical (unpaired) electrons. The SMILES string of the molecule is CCCC1CCN(C(=O)c2cc(OC)c(OC)cc2N)C1. The van der Waals surface area contributed by atoms with Gasteiger partial charge in [-0.05, 0) is 24.8 Å². The van der Waals surface area contributed by atoms with Gasteiger partial charge in [0.05, 0.1) is 19.8 Å². The minimum absolute atomic E-state index is 0.0212. The zero-order valence-corrected chi connectivity index (χ0v) is 13.0. The summed E-state index contributed by atoms with van der Waals surface area (Å²) >= 11 is 0. The minimum Gasteiger partial charge on any atom is -0.493 e. The van der Waals surface area contributed by atoms with Gasteiger partial charge in [-0.25, -0.2) is 0 Å². The predicted octanol–water partition coefficient (Wildman–Crippen LogP) is 2.55. The van der Waals surface area contributed by atoms with Crippen molar-refractivity contribution in [2.45, 2.75) is 26.2 Å². The van der Waals surface area contributed by atoms with Gasteiger partial charge in [-0.3, -0.25) is 4.79 Å². The van der Waals surface area contributed by atoms with Crippen LogP contribution in [0.25, 0.3) is 0 Å². The van der Waals surface area contributed by atoms with E-state index in [0.29, 0.717) is 28.7 Å². The van der Waals surface area contributed by atoms with E-state index < -0.39 is 0 Å². The molecule has 1 aromatic rings. The van der Waals surface area contributed by atoms with E-state index in [9.17, 15) is 4.79 Å². The maximum atomic E-state index is 12.6. The molecule has 5 nitrogen and oxygen atoms in total. The molecule has 21 heavy (non-hydrogen) atoms. The number of nitrogens with two attached hydrogens (primary N) is 1. The molecule has 0 saturated carbocycles. The van der Waals surface area contributed by atoms with E-state index in [1.165, 1.54) is 6.42 Å². The molecular weight excluding hydrogens is 268 g/mol. The molecule has 1 saturated heterocycles. The fraction of sp³-hybridized carbons (Fsp3) is 0.562. The van der Waals surface area contributed by atoms with Crippen LogP contribution in [0.3, 0.4) is 0 Å². The van der Waals surface area contributed by atoms with Crippen LogP contribution in [0.1, 0.15) is 36.5 Å². The Balaban J connectivity index is 2.20. The van der Waals surface area contributed by atoms with Crippen molar-refractivity contribution < 1.29 is 14.3 Å². The van der Waals surface area contributed by atoms with Crippen LogP contribution in [-0.2, 0) is 0 Å². The van der Waals surface area contributed by atoms with Gasteiger partial charge in [0.15, 0.2) is 11.5 Å². The number of anilines is 1. The quantitative estimate of drug-likeness (QED) is 0.847. The van der Waals surface area contributed by atoms with Crippen molar-refractivity contribution in [2.24, 2.45) is 5.92 Å². The first kappa shape index (κ1) is 15.5. The van der Waals surface area contributed by atoms with Gasteiger partial charge in [0, 0.05) is 24.8 Å². The monoisotopic (exact) mass is 292 g/mol. The topological polar surface area (TPSA) is 64.8 Å². The fourth-order valence-corrected chi connectivity index (χ4v) is 2.91. The first-order valence-electron chi connectivity index (χ1n) is 7.41. The number of rotatable bonds is 5. The van der Waals surface area contributed by atoms with Gasteiger partial charge in [-0.2, -0.15) is 0 Å². The number of carbonyl (C=O) groups is 1. The number of carbonyl (C=O) groups excluding carboxylic acids is 1. The van der Waals surface area contributed by atoms with Crippen molar-refractivity contribution in [3.8, 4) is 11.5 Å². The van der Waals surface area contributed by atoms with Crippen LogP contribution in [0, 0.1) is 5.92 Å². The first-order chi connectivity index (χ1) is 10.1. The van der Waals surface area contributed by atoms with E-state index >= 15 is 0 Å². The van der Waals surface area contributed by atoms with Crippen molar-refractivity contribution in [2.75, 3.05) is 33.0 Å². The number of hydrogen-bond acceptors (Lipinski definition) is 4. The Morgan fingerprint density at radius 2 is 2.00 bits per heavy atom. The molecule has 1 aliphatic heterocycles. The van der Waals surface area contributed by atoms with Crippen molar-refractivity contribution in [1.29, 1.82) is 0 Å². The summed E-state index contributed by atoms with van der Waals surface area (Å²) in [4.78, 5) is 14.5. The lowest BCUT2D eigenvalue weighted by Gasteiger charge is -2.19. The molecule has 1 unspecified atom stereocenters. The zero-order chi connectivity index (χ0) is 15.4. The molecule has 0 aliphatic carbocycles. The number of benzene rings is 1. The van der Waals surface area contributed by atoms with E-state index in [-0.39, 0.29) is 5.91 Å². The normalized spacial score (nSPS) is 17.9. The highest BCUT2D eigenvalue weighted by atomic mass is 16.5. The maximum absolute atomic E-state index is 12.6. The van der Waals surface area contributed by atoms with E-state index in [4.69, 9.17) is 15.2 Å². The van der Waals surface area contributed by atoms with Crippen molar-refractivity contribution in [1.82, 2.24) is 4.90 Å². The Bertz CT molecular complexity index is 516. The first-order valence-corrected chi connectivity index (χ1v) is 7.41. The summed E-state index contributed by atoms with van der Waals surface area (Å²) in [6, 6.07) is 3.31. The molecule has 1 aliphatic rings. The molecular formula is C16H24N2O3. The average molecular weight is 292 g/mol. The molecule has 1 fully saturated rings. The Morgan fingerprint density at radius 3 is 2.62 bits per heavy atom. The van der Waals surface area contributed by atoms with Gasteiger partial charge in [-0.1, -0.05) is 13.3 Å². The maximum Gasteiger partial charge on any atom is 0.256 e. The van der Waals surface area contributed by atoms with Gasteiger partial charge in [0.1, 0.15) is 0 Å². The number of likely N-dealkylation sites (tertiary alicyclic amines) is 1. The summed E-state index contributed by atoms with van der Waals surface area (Å²) in [6.07, 6.45) is 3.41. The smallest absolute Gasteiger partial charge is 0.256 e. The molecule has 2 N–H and O–H groups in total. The fourth-order valence-electron chi connectivity index (χ4n) is 2.91. The van der Waals surface area contributed by atoms with E-state index in [1.807, 2.05) is 4.90 Å². The van der Waals surface area contributed by atoms with E-state index in [0.717, 1.165) is 25.9 Å². The van der Waals surface area contributed by atoms with Crippen molar-refractivity contribution in [3.05, 3.63) is 17.7 Å². The lowest BCUT2D eigenvalue weighted by molar-refractivity contribution is 0.0787. The Labute approximate surface area is 126 Å². The number of amides is 1. The highest BCUT2D eigenvalue weighted by Crippen LogP contribution is 2.33. The van der Waals surface area contributed by atoms with Gasteiger partial charge in [-0.15, -0.1) is 0 Å². The number of nitrogen functional groups attached to an aromatic ring is 1. The third-order valence-electron chi connectivity index (χ3n) is 4.06. The molecule has 116 valence electrons. The average Bonchev–Trinajstić information content (AvgIpc) is 2.95. The Morgan fingerprint density at radius 1 is 1.33 bits per heavy atom. The van der Waals surface area contributed by atoms with Crippen molar-refractivity contribution in [3.63, 3.8) is 0 Å². The molecule has 1 aromatic carbocycles. The minimum atomic E-state index is -0.0212. The third-order valence-corrected chi connectivity index (χ3v) is 4.06. The van der Waals surface area contributed by atoms with Gasteiger partial charge >= 0.3 is 0 Å². The highest BCUT2D eigenvalue weighted by Gasteiger charge is 2.28. The molecule has 0 aromatic heterocycles. The summed E-state index contributed by atoms with van der Waals surface area (Å²) in [7, 11) is 3.10. The second-order valence-corrected chi connectivity index (χ2v) is 5.49. The number of nitrogens with zero attached hydrogens (tertiary/aromatic N) is 1. The summed E-state index contributed by atoms with van der Waals surface area (Å²) in [5.41, 5.74) is 6.92. The molecule has 5 heteroatoms. The summed E-state index contributed by atoms with van der Waals surface area (Å²) in [6.45, 7) is 3.80. The molecule has 0 bridgehead atoms. The van der Waals surface area contributed by atoms with Crippen LogP contribution in [-0.4, -0.2) is 38.1 Å². The lowest BCUT2D eigenvalue weighted by Crippen LogP contribution is -2.29. The lowest BCUT2D eigenvalue weighted by atomic mass is 10.0. The van der Waals surface area contributed by atoms with Crippen LogP contribution in [0.2, 0.25) is 0 Å². The second-order valence-electron chi connectivity index (χ2n) is 5.49. The number of methoxy groups -OCH3 is 2. The van der Waals surface area contributed by atoms with Crippen LogP contribution in [0.15, 0.2) is 12.1 Å². The van der Waals surface area contributed by atoms with Crippen LogP contribution in [0.4, 0.5) is 5.69 Å². The zero-order valence-electron chi connectivity index (χ0n) is 13.0. The van der Waals surface area contributed by atoms with Crippen LogP contribution >= 0.6 is 0 Å². The Hall–Kier alpha value is -1.91. The number of ether oxygens (including phenoxy) is 2. The number of hydrogen-bond donors (Lipinski definition) is 1. The van der Waals surface area contributed by atoms with Crippen LogP contribution in [0.5, 0.6) is 11.5 Å². The molecule has 1 heterocycles. The van der Waals surface area contributed by atoms with Gasteiger partial charge < -0.3 is 20.1 Å². The predicted molar refractivity (Wildman–Crippen MR) is 82.9 cm³/mol. The van der Waals surface area contributed by atoms with E-state index in [2.05, 4.69) is 6.92 Å². The van der Waals surface area contributed by atoms with Gasteiger partial charge in [0.25, 0.3) is 5.91 Å². The molecule has 0 spiro atoms. The summed E-state index contributed by atoms with van der Waals surface area (Å²) in [5, 5.41) is 0. The van der Waals surface area contributed by atoms with Crippen molar-refractivity contribution >= 4 is 11.6 Å². The standard InChI is InChI=1S/C16H24N2O3/c1-4-5-11-6-7-18(10-11)16(19)12-8-14(20-2)15(21-3)9-13(12)17/h8-9,11H,4-7,10,17H2,1-3H3. The Kier molecular flexibility index (Phi) is 4.94. The van der Waals surface area contributed by atoms with Crippen LogP contribution < -0.4 is 15.2 Å². The van der Waals surface area contributed by atoms with Gasteiger partial charge in [0.2, 0.25) is 0 Å². The summed E-state index contributed by atoms with van der Waals surface area (Å²) in [5.74, 6) is 1.66. The molecule has 2 rings (SSSR count). The molecule has 1 atom stereocenters. The third kappa shape index (κ3) is 3.23. The highest BCUT2D eigenvalue weighted by molar-refractivity contribution is 6.00. The largest absolute Gasteiger partial charge is 0.493 e. The van der Waals surface area contributed by atoms with E-state index in [1.54, 1.807) is 26.4 Å². The second kappa shape index (κ2) is 6.70.